The van der Waals surface area contributed by atoms with Crippen molar-refractivity contribution in [3.63, 3.8) is 0 Å². The van der Waals surface area contributed by atoms with Crippen molar-refractivity contribution >= 4 is 17.9 Å². The molecular formula is C10H8O6. The molecule has 0 atom stereocenters. The van der Waals surface area contributed by atoms with Gasteiger partial charge in [-0.3, -0.25) is 9.59 Å². The highest BCUT2D eigenvalue weighted by Crippen LogP contribution is 2.21. The van der Waals surface area contributed by atoms with E-state index >= 15 is 0 Å². The van der Waals surface area contributed by atoms with Crippen molar-refractivity contribution in [3.05, 3.63) is 35.4 Å². The van der Waals surface area contributed by atoms with Gasteiger partial charge in [-0.15, -0.1) is 0 Å². The Morgan fingerprint density at radius 2 is 1.44 bits per heavy atom. The third kappa shape index (κ3) is 2.17. The molecule has 1 rings (SSSR count). The van der Waals surface area contributed by atoms with Gasteiger partial charge >= 0.3 is 17.9 Å². The SMILES string of the molecule is O=C(O)c1ccccc1C(C(=O)O)C(=O)O. The van der Waals surface area contributed by atoms with Gasteiger partial charge in [0.05, 0.1) is 5.56 Å². The van der Waals surface area contributed by atoms with Gasteiger partial charge in [-0.1, -0.05) is 18.2 Å². The van der Waals surface area contributed by atoms with Gasteiger partial charge in [-0.05, 0) is 11.6 Å². The van der Waals surface area contributed by atoms with Gasteiger partial charge in [0.25, 0.3) is 0 Å². The van der Waals surface area contributed by atoms with Crippen LogP contribution in [0.15, 0.2) is 24.3 Å². The molecular weight excluding hydrogens is 216 g/mol. The predicted molar refractivity (Wildman–Crippen MR) is 51.4 cm³/mol. The second-order valence-corrected chi connectivity index (χ2v) is 3.00. The highest BCUT2D eigenvalue weighted by atomic mass is 16.4. The van der Waals surface area contributed by atoms with Crippen molar-refractivity contribution in [2.45, 2.75) is 5.92 Å². The van der Waals surface area contributed by atoms with Gasteiger partial charge in [0, 0.05) is 0 Å². The number of carboxylic acid groups (broad SMARTS) is 3. The smallest absolute Gasteiger partial charge is 0.336 e. The van der Waals surface area contributed by atoms with E-state index in [1.807, 2.05) is 0 Å². The lowest BCUT2D eigenvalue weighted by atomic mass is 9.94. The van der Waals surface area contributed by atoms with Crippen LogP contribution in [0.2, 0.25) is 0 Å². The summed E-state index contributed by atoms with van der Waals surface area (Å²) in [5.41, 5.74) is -0.563. The van der Waals surface area contributed by atoms with E-state index in [0.29, 0.717) is 0 Å². The molecule has 0 bridgehead atoms. The van der Waals surface area contributed by atoms with E-state index in [2.05, 4.69) is 0 Å². The number of aromatic carboxylic acids is 1. The zero-order chi connectivity index (χ0) is 12.3. The Hall–Kier alpha value is -2.37. The van der Waals surface area contributed by atoms with Gasteiger partial charge in [0.15, 0.2) is 5.92 Å². The summed E-state index contributed by atoms with van der Waals surface area (Å²) < 4.78 is 0. The molecule has 16 heavy (non-hydrogen) atoms. The number of aliphatic carboxylic acids is 2. The van der Waals surface area contributed by atoms with Crippen LogP contribution in [0.1, 0.15) is 21.8 Å². The Morgan fingerprint density at radius 1 is 0.938 bits per heavy atom. The standard InChI is InChI=1S/C10H8O6/c11-8(12)6-4-2-1-3-5(6)7(9(13)14)10(15)16/h1-4,7H,(H,11,12)(H,13,14)(H,15,16). The van der Waals surface area contributed by atoms with E-state index in [1.165, 1.54) is 18.2 Å². The number of hydrogen-bond donors (Lipinski definition) is 3. The normalized spacial score (nSPS) is 10.1. The van der Waals surface area contributed by atoms with Crippen LogP contribution < -0.4 is 0 Å². The molecule has 0 spiro atoms. The van der Waals surface area contributed by atoms with Crippen LogP contribution >= 0.6 is 0 Å². The quantitative estimate of drug-likeness (QED) is 0.647. The van der Waals surface area contributed by atoms with Crippen molar-refractivity contribution in [1.29, 1.82) is 0 Å². The highest BCUT2D eigenvalue weighted by molar-refractivity contribution is 6.02. The molecule has 0 saturated heterocycles. The summed E-state index contributed by atoms with van der Waals surface area (Å²) in [5, 5.41) is 26.3. The molecule has 0 aliphatic heterocycles. The van der Waals surface area contributed by atoms with Crippen LogP contribution in [0.25, 0.3) is 0 Å². The Kier molecular flexibility index (Phi) is 3.24. The first-order valence-electron chi connectivity index (χ1n) is 4.23. The number of benzene rings is 1. The molecule has 0 unspecified atom stereocenters. The van der Waals surface area contributed by atoms with Gasteiger partial charge in [-0.2, -0.15) is 0 Å². The van der Waals surface area contributed by atoms with Crippen molar-refractivity contribution in [2.75, 3.05) is 0 Å². The molecule has 3 N–H and O–H groups in total. The summed E-state index contributed by atoms with van der Waals surface area (Å²) in [5.74, 6) is -6.42. The molecule has 6 heteroatoms. The topological polar surface area (TPSA) is 112 Å². The maximum absolute atomic E-state index is 10.8. The third-order valence-corrected chi connectivity index (χ3v) is 2.00. The molecule has 0 heterocycles. The number of rotatable bonds is 4. The van der Waals surface area contributed by atoms with E-state index in [1.54, 1.807) is 0 Å². The summed E-state index contributed by atoms with van der Waals surface area (Å²) >= 11 is 0. The minimum atomic E-state index is -1.87. The lowest BCUT2D eigenvalue weighted by molar-refractivity contribution is -0.150. The van der Waals surface area contributed by atoms with Crippen LogP contribution in [-0.2, 0) is 9.59 Å². The van der Waals surface area contributed by atoms with Crippen molar-refractivity contribution in [1.82, 2.24) is 0 Å². The summed E-state index contributed by atoms with van der Waals surface area (Å²) in [4.78, 5) is 32.3. The maximum Gasteiger partial charge on any atom is 0.336 e. The van der Waals surface area contributed by atoms with Crippen LogP contribution in [0.4, 0.5) is 0 Å². The highest BCUT2D eigenvalue weighted by Gasteiger charge is 2.31. The molecule has 0 aromatic heterocycles. The van der Waals surface area contributed by atoms with Crippen LogP contribution in [0, 0.1) is 0 Å². The van der Waals surface area contributed by atoms with E-state index < -0.39 is 23.8 Å². The number of carbonyl (C=O) groups is 3. The zero-order valence-corrected chi connectivity index (χ0v) is 7.95. The fraction of sp³-hybridized carbons (Fsp3) is 0.100. The van der Waals surface area contributed by atoms with Gasteiger partial charge in [-0.25, -0.2) is 4.79 Å². The molecule has 1 aromatic carbocycles. The molecule has 0 amide bonds. The fourth-order valence-electron chi connectivity index (χ4n) is 1.32. The Bertz CT molecular complexity index is 436. The molecule has 0 fully saturated rings. The summed E-state index contributed by atoms with van der Waals surface area (Å²) in [7, 11) is 0. The number of carboxylic acids is 3. The predicted octanol–water partition coefficient (Wildman–Crippen LogP) is 0.638. The first kappa shape index (κ1) is 11.7. The minimum Gasteiger partial charge on any atom is -0.480 e. The van der Waals surface area contributed by atoms with Crippen molar-refractivity contribution in [2.24, 2.45) is 0 Å². The second-order valence-electron chi connectivity index (χ2n) is 3.00. The molecule has 0 aliphatic carbocycles. The molecule has 6 nitrogen and oxygen atoms in total. The molecule has 1 aromatic rings. The fourth-order valence-corrected chi connectivity index (χ4v) is 1.32. The summed E-state index contributed by atoms with van der Waals surface area (Å²) in [6, 6.07) is 5.13. The summed E-state index contributed by atoms with van der Waals surface area (Å²) in [6.45, 7) is 0. The monoisotopic (exact) mass is 224 g/mol. The lowest BCUT2D eigenvalue weighted by Gasteiger charge is -2.10. The Labute approximate surface area is 89.8 Å². The third-order valence-electron chi connectivity index (χ3n) is 2.00. The minimum absolute atomic E-state index is 0.241. The van der Waals surface area contributed by atoms with Crippen LogP contribution in [0.3, 0.4) is 0 Å². The first-order valence-corrected chi connectivity index (χ1v) is 4.23. The van der Waals surface area contributed by atoms with E-state index in [4.69, 9.17) is 15.3 Å². The molecule has 0 saturated carbocycles. The average Bonchev–Trinajstić information content (AvgIpc) is 2.17. The van der Waals surface area contributed by atoms with Crippen molar-refractivity contribution in [3.8, 4) is 0 Å². The Balaban J connectivity index is 3.35. The van der Waals surface area contributed by atoms with Crippen LogP contribution in [-0.4, -0.2) is 33.2 Å². The average molecular weight is 224 g/mol. The van der Waals surface area contributed by atoms with Crippen molar-refractivity contribution < 1.29 is 29.7 Å². The first-order chi connectivity index (χ1) is 7.45. The van der Waals surface area contributed by atoms with E-state index in [0.717, 1.165) is 6.07 Å². The van der Waals surface area contributed by atoms with Crippen LogP contribution in [0.5, 0.6) is 0 Å². The zero-order valence-electron chi connectivity index (χ0n) is 7.95. The Morgan fingerprint density at radius 3 is 1.88 bits per heavy atom. The molecule has 84 valence electrons. The van der Waals surface area contributed by atoms with Gasteiger partial charge < -0.3 is 15.3 Å². The molecule has 0 radical (unpaired) electrons. The van der Waals surface area contributed by atoms with E-state index in [-0.39, 0.29) is 11.1 Å². The molecule has 0 aliphatic rings. The summed E-state index contributed by atoms with van der Waals surface area (Å²) in [6.07, 6.45) is 0. The number of hydrogen-bond acceptors (Lipinski definition) is 3. The largest absolute Gasteiger partial charge is 0.480 e. The van der Waals surface area contributed by atoms with Gasteiger partial charge in [0.1, 0.15) is 0 Å². The lowest BCUT2D eigenvalue weighted by Crippen LogP contribution is -2.23. The van der Waals surface area contributed by atoms with E-state index in [9.17, 15) is 14.4 Å². The maximum atomic E-state index is 10.8. The second kappa shape index (κ2) is 4.43. The van der Waals surface area contributed by atoms with Gasteiger partial charge in [0.2, 0.25) is 0 Å².